The fraction of sp³-hybridized carbons (Fsp3) is 0.636. The van der Waals surface area contributed by atoms with Gasteiger partial charge in [-0.05, 0) is 6.92 Å². The lowest BCUT2D eigenvalue weighted by atomic mass is 10.3. The van der Waals surface area contributed by atoms with Crippen molar-refractivity contribution in [1.29, 1.82) is 0 Å². The average Bonchev–Trinajstić information content (AvgIpc) is 2.75. The Balaban J connectivity index is 2.03. The largest absolute Gasteiger partial charge is 0.444 e. The van der Waals surface area contributed by atoms with E-state index in [1.807, 2.05) is 13.8 Å². The summed E-state index contributed by atoms with van der Waals surface area (Å²) in [5, 5.41) is 0. The zero-order chi connectivity index (χ0) is 10.8. The summed E-state index contributed by atoms with van der Waals surface area (Å²) in [7, 11) is 0. The summed E-state index contributed by atoms with van der Waals surface area (Å²) in [6, 6.07) is 0. The Morgan fingerprint density at radius 1 is 1.53 bits per heavy atom. The normalized spacial score (nSPS) is 17.6. The molecular formula is C11H16N2O2. The first-order chi connectivity index (χ1) is 7.19. The van der Waals surface area contributed by atoms with E-state index in [-0.39, 0.29) is 0 Å². The van der Waals surface area contributed by atoms with Crippen molar-refractivity contribution in [1.82, 2.24) is 9.88 Å². The minimum absolute atomic E-state index is 0.322. The molecule has 0 aromatic carbocycles. The minimum atomic E-state index is 0.322. The second-order valence-electron chi connectivity index (χ2n) is 3.97. The van der Waals surface area contributed by atoms with E-state index in [4.69, 9.17) is 4.42 Å². The molecule has 0 atom stereocenters. The standard InChI is InChI=1S/C11H16N2O2/c1-3-11-12-8(2)10(15-11)7-13-5-4-9(14)6-13/h3-7H2,1-2H3. The van der Waals surface area contributed by atoms with Crippen LogP contribution in [0.3, 0.4) is 0 Å². The van der Waals surface area contributed by atoms with E-state index in [2.05, 4.69) is 9.88 Å². The molecule has 0 N–H and O–H groups in total. The van der Waals surface area contributed by atoms with Gasteiger partial charge in [-0.15, -0.1) is 0 Å². The zero-order valence-corrected chi connectivity index (χ0v) is 9.25. The van der Waals surface area contributed by atoms with Crippen LogP contribution in [0.2, 0.25) is 0 Å². The number of aromatic nitrogens is 1. The Labute approximate surface area is 89.3 Å². The van der Waals surface area contributed by atoms with Crippen molar-refractivity contribution in [3.8, 4) is 0 Å². The summed E-state index contributed by atoms with van der Waals surface area (Å²) in [4.78, 5) is 17.5. The van der Waals surface area contributed by atoms with Crippen LogP contribution in [0.4, 0.5) is 0 Å². The van der Waals surface area contributed by atoms with Gasteiger partial charge in [0, 0.05) is 19.4 Å². The second-order valence-corrected chi connectivity index (χ2v) is 3.97. The molecule has 1 saturated heterocycles. The third kappa shape index (κ3) is 2.26. The molecule has 1 aliphatic heterocycles. The first-order valence-corrected chi connectivity index (χ1v) is 5.38. The van der Waals surface area contributed by atoms with Crippen LogP contribution in [0, 0.1) is 6.92 Å². The van der Waals surface area contributed by atoms with Crippen LogP contribution < -0.4 is 0 Å². The van der Waals surface area contributed by atoms with Crippen LogP contribution in [0.25, 0.3) is 0 Å². The lowest BCUT2D eigenvalue weighted by molar-refractivity contribution is -0.116. The maximum atomic E-state index is 11.1. The molecule has 0 bridgehead atoms. The van der Waals surface area contributed by atoms with Crippen molar-refractivity contribution in [2.45, 2.75) is 33.2 Å². The Bertz CT molecular complexity index is 371. The van der Waals surface area contributed by atoms with Crippen molar-refractivity contribution in [3.63, 3.8) is 0 Å². The highest BCUT2D eigenvalue weighted by Crippen LogP contribution is 2.15. The van der Waals surface area contributed by atoms with Gasteiger partial charge in [0.15, 0.2) is 5.89 Å². The van der Waals surface area contributed by atoms with E-state index >= 15 is 0 Å². The van der Waals surface area contributed by atoms with E-state index < -0.39 is 0 Å². The molecule has 4 nitrogen and oxygen atoms in total. The van der Waals surface area contributed by atoms with Gasteiger partial charge in [-0.3, -0.25) is 9.69 Å². The minimum Gasteiger partial charge on any atom is -0.444 e. The highest BCUT2D eigenvalue weighted by atomic mass is 16.4. The number of Topliss-reactive ketones (excluding diaryl/α,β-unsaturated/α-hetero) is 1. The van der Waals surface area contributed by atoms with Crippen molar-refractivity contribution < 1.29 is 9.21 Å². The number of hydrogen-bond acceptors (Lipinski definition) is 4. The third-order valence-electron chi connectivity index (χ3n) is 2.71. The van der Waals surface area contributed by atoms with E-state index in [0.717, 1.165) is 30.3 Å². The first-order valence-electron chi connectivity index (χ1n) is 5.38. The fourth-order valence-electron chi connectivity index (χ4n) is 1.81. The van der Waals surface area contributed by atoms with Gasteiger partial charge in [0.05, 0.1) is 18.8 Å². The summed E-state index contributed by atoms with van der Waals surface area (Å²) in [5.41, 5.74) is 0.950. The molecule has 15 heavy (non-hydrogen) atoms. The molecule has 82 valence electrons. The molecule has 0 aliphatic carbocycles. The SMILES string of the molecule is CCc1nc(C)c(CN2CCC(=O)C2)o1. The van der Waals surface area contributed by atoms with Crippen LogP contribution in [-0.2, 0) is 17.8 Å². The number of ketones is 1. The number of likely N-dealkylation sites (tertiary alicyclic amines) is 1. The third-order valence-corrected chi connectivity index (χ3v) is 2.71. The fourth-order valence-corrected chi connectivity index (χ4v) is 1.81. The Hall–Kier alpha value is -1.16. The highest BCUT2D eigenvalue weighted by Gasteiger charge is 2.21. The lowest BCUT2D eigenvalue weighted by Gasteiger charge is -2.11. The zero-order valence-electron chi connectivity index (χ0n) is 9.25. The van der Waals surface area contributed by atoms with Crippen LogP contribution in [0.5, 0.6) is 0 Å². The smallest absolute Gasteiger partial charge is 0.194 e. The first kappa shape index (κ1) is 10.4. The summed E-state index contributed by atoms with van der Waals surface area (Å²) in [6.07, 6.45) is 1.49. The Morgan fingerprint density at radius 2 is 2.33 bits per heavy atom. The Morgan fingerprint density at radius 3 is 2.87 bits per heavy atom. The maximum absolute atomic E-state index is 11.1. The molecule has 0 amide bonds. The summed E-state index contributed by atoms with van der Waals surface area (Å²) in [6.45, 7) is 6.09. The molecule has 0 radical (unpaired) electrons. The molecule has 2 rings (SSSR count). The molecule has 1 aromatic rings. The quantitative estimate of drug-likeness (QED) is 0.751. The van der Waals surface area contributed by atoms with Crippen molar-refractivity contribution in [2.75, 3.05) is 13.1 Å². The Kier molecular flexibility index (Phi) is 2.86. The second kappa shape index (κ2) is 4.14. The van der Waals surface area contributed by atoms with Crippen molar-refractivity contribution >= 4 is 5.78 Å². The molecule has 0 unspecified atom stereocenters. The van der Waals surface area contributed by atoms with Gasteiger partial charge in [-0.2, -0.15) is 0 Å². The van der Waals surface area contributed by atoms with Crippen LogP contribution in [0.1, 0.15) is 30.7 Å². The van der Waals surface area contributed by atoms with Crippen LogP contribution >= 0.6 is 0 Å². The van der Waals surface area contributed by atoms with Gasteiger partial charge in [0.2, 0.25) is 0 Å². The molecule has 0 spiro atoms. The number of carbonyl (C=O) groups excluding carboxylic acids is 1. The number of hydrogen-bond donors (Lipinski definition) is 0. The predicted molar refractivity (Wildman–Crippen MR) is 55.5 cm³/mol. The summed E-state index contributed by atoms with van der Waals surface area (Å²) < 4.78 is 5.60. The molecular weight excluding hydrogens is 192 g/mol. The number of aryl methyl sites for hydroxylation is 2. The van der Waals surface area contributed by atoms with Gasteiger partial charge >= 0.3 is 0 Å². The molecule has 4 heteroatoms. The monoisotopic (exact) mass is 208 g/mol. The van der Waals surface area contributed by atoms with Crippen molar-refractivity contribution in [2.24, 2.45) is 0 Å². The van der Waals surface area contributed by atoms with E-state index in [1.165, 1.54) is 0 Å². The van der Waals surface area contributed by atoms with Gasteiger partial charge in [-0.25, -0.2) is 4.98 Å². The average molecular weight is 208 g/mol. The molecule has 0 saturated carbocycles. The van der Waals surface area contributed by atoms with Gasteiger partial charge < -0.3 is 4.42 Å². The summed E-state index contributed by atoms with van der Waals surface area (Å²) in [5.74, 6) is 2.01. The van der Waals surface area contributed by atoms with E-state index in [9.17, 15) is 4.79 Å². The van der Waals surface area contributed by atoms with Crippen LogP contribution in [0.15, 0.2) is 4.42 Å². The van der Waals surface area contributed by atoms with Gasteiger partial charge in [-0.1, -0.05) is 6.92 Å². The molecule has 2 heterocycles. The topological polar surface area (TPSA) is 46.3 Å². The van der Waals surface area contributed by atoms with Crippen LogP contribution in [-0.4, -0.2) is 28.8 Å². The number of carbonyl (C=O) groups is 1. The van der Waals surface area contributed by atoms with E-state index in [0.29, 0.717) is 25.3 Å². The summed E-state index contributed by atoms with van der Waals surface area (Å²) >= 11 is 0. The molecule has 1 aliphatic rings. The van der Waals surface area contributed by atoms with Gasteiger partial charge in [0.1, 0.15) is 11.5 Å². The molecule has 1 aromatic heterocycles. The van der Waals surface area contributed by atoms with Gasteiger partial charge in [0.25, 0.3) is 0 Å². The number of nitrogens with zero attached hydrogens (tertiary/aromatic N) is 2. The number of oxazole rings is 1. The number of rotatable bonds is 3. The lowest BCUT2D eigenvalue weighted by Crippen LogP contribution is -2.20. The van der Waals surface area contributed by atoms with E-state index in [1.54, 1.807) is 0 Å². The maximum Gasteiger partial charge on any atom is 0.194 e. The molecule has 1 fully saturated rings. The van der Waals surface area contributed by atoms with Crippen molar-refractivity contribution in [3.05, 3.63) is 17.3 Å². The highest BCUT2D eigenvalue weighted by molar-refractivity contribution is 5.82. The predicted octanol–water partition coefficient (Wildman–Crippen LogP) is 1.32.